The Hall–Kier alpha value is -3.09. The van der Waals surface area contributed by atoms with Crippen LogP contribution in [-0.2, 0) is 9.59 Å². The molecule has 1 N–H and O–H groups in total. The predicted molar refractivity (Wildman–Crippen MR) is 115 cm³/mol. The number of nitrogens with zero attached hydrogens (tertiary/aromatic N) is 2. The average Bonchev–Trinajstić information content (AvgIpc) is 2.77. The van der Waals surface area contributed by atoms with Gasteiger partial charge in [-0.25, -0.2) is 4.98 Å². The summed E-state index contributed by atoms with van der Waals surface area (Å²) in [6, 6.07) is 11.0. The monoisotopic (exact) mass is 411 g/mol. The Morgan fingerprint density at radius 3 is 2.40 bits per heavy atom. The topological polar surface area (TPSA) is 80.8 Å². The number of ether oxygens (including phenoxy) is 2. The van der Waals surface area contributed by atoms with Gasteiger partial charge >= 0.3 is 0 Å². The molecule has 1 aromatic heterocycles. The Bertz CT molecular complexity index is 846. The molecule has 160 valence electrons. The van der Waals surface area contributed by atoms with E-state index in [1.165, 1.54) is 0 Å². The van der Waals surface area contributed by atoms with E-state index in [2.05, 4.69) is 17.2 Å². The lowest BCUT2D eigenvalue weighted by Crippen LogP contribution is -2.43. The largest absolute Gasteiger partial charge is 0.494 e. The van der Waals surface area contributed by atoms with Crippen LogP contribution in [0.5, 0.6) is 11.5 Å². The summed E-state index contributed by atoms with van der Waals surface area (Å²) < 4.78 is 11.1. The second kappa shape index (κ2) is 10.6. The number of aromatic nitrogens is 1. The van der Waals surface area contributed by atoms with Crippen molar-refractivity contribution in [2.24, 2.45) is 5.92 Å². The van der Waals surface area contributed by atoms with Gasteiger partial charge < -0.3 is 19.7 Å². The number of carbonyl (C=O) groups is 2. The van der Waals surface area contributed by atoms with Gasteiger partial charge in [0.15, 0.2) is 6.61 Å². The highest BCUT2D eigenvalue weighted by molar-refractivity contribution is 5.92. The van der Waals surface area contributed by atoms with Gasteiger partial charge in [-0.05, 0) is 68.1 Å². The molecule has 2 heterocycles. The van der Waals surface area contributed by atoms with Crippen LogP contribution in [-0.4, -0.2) is 48.0 Å². The zero-order valence-electron chi connectivity index (χ0n) is 17.6. The summed E-state index contributed by atoms with van der Waals surface area (Å²) >= 11 is 0. The molecule has 2 amide bonds. The summed E-state index contributed by atoms with van der Waals surface area (Å²) in [4.78, 5) is 30.8. The van der Waals surface area contributed by atoms with Gasteiger partial charge in [0.2, 0.25) is 5.91 Å². The molecular formula is C23H29N3O4. The first-order valence-corrected chi connectivity index (χ1v) is 10.4. The first-order chi connectivity index (χ1) is 14.5. The van der Waals surface area contributed by atoms with Crippen LogP contribution in [0, 0.1) is 12.8 Å². The second-order valence-corrected chi connectivity index (χ2v) is 7.47. The van der Waals surface area contributed by atoms with Gasteiger partial charge in [0.05, 0.1) is 6.61 Å². The summed E-state index contributed by atoms with van der Waals surface area (Å²) in [6.07, 6.45) is 3.89. The van der Waals surface area contributed by atoms with Gasteiger partial charge in [0.25, 0.3) is 5.91 Å². The molecular weight excluding hydrogens is 382 g/mol. The molecule has 0 aliphatic carbocycles. The van der Waals surface area contributed by atoms with E-state index >= 15 is 0 Å². The number of likely N-dealkylation sites (tertiary alicyclic amines) is 1. The minimum Gasteiger partial charge on any atom is -0.494 e. The van der Waals surface area contributed by atoms with Crippen LogP contribution in [0.2, 0.25) is 0 Å². The molecule has 1 saturated heterocycles. The zero-order valence-corrected chi connectivity index (χ0v) is 17.6. The van der Waals surface area contributed by atoms with E-state index in [0.717, 1.165) is 17.7 Å². The van der Waals surface area contributed by atoms with Crippen LogP contribution < -0.4 is 14.8 Å². The Morgan fingerprint density at radius 1 is 1.10 bits per heavy atom. The standard InChI is InChI=1S/C23H29N3O4/c1-3-14-29-19-4-6-20(7-5-19)30-16-22(27)26-12-9-18(10-13-26)23(28)25-21-15-17(2)8-11-24-21/h4-8,11,15,18H,3,9-10,12-14,16H2,1-2H3,(H,24,25,28). The van der Waals surface area contributed by atoms with Crippen molar-refractivity contribution in [2.45, 2.75) is 33.1 Å². The molecule has 7 nitrogen and oxygen atoms in total. The molecule has 0 radical (unpaired) electrons. The summed E-state index contributed by atoms with van der Waals surface area (Å²) in [5, 5.41) is 2.87. The van der Waals surface area contributed by atoms with E-state index in [1.54, 1.807) is 23.2 Å². The highest BCUT2D eigenvalue weighted by Crippen LogP contribution is 2.21. The Labute approximate surface area is 177 Å². The van der Waals surface area contributed by atoms with E-state index in [9.17, 15) is 9.59 Å². The SMILES string of the molecule is CCCOc1ccc(OCC(=O)N2CCC(C(=O)Nc3cc(C)ccn3)CC2)cc1. The summed E-state index contributed by atoms with van der Waals surface area (Å²) in [7, 11) is 0. The number of hydrogen-bond acceptors (Lipinski definition) is 5. The van der Waals surface area contributed by atoms with Crippen molar-refractivity contribution in [1.82, 2.24) is 9.88 Å². The molecule has 0 bridgehead atoms. The minimum atomic E-state index is -0.118. The number of carbonyl (C=O) groups excluding carboxylic acids is 2. The first-order valence-electron chi connectivity index (χ1n) is 10.4. The molecule has 2 aromatic rings. The number of hydrogen-bond donors (Lipinski definition) is 1. The third-order valence-corrected chi connectivity index (χ3v) is 5.04. The molecule has 1 aliphatic rings. The number of benzene rings is 1. The van der Waals surface area contributed by atoms with Crippen molar-refractivity contribution < 1.29 is 19.1 Å². The van der Waals surface area contributed by atoms with Crippen molar-refractivity contribution in [3.63, 3.8) is 0 Å². The maximum atomic E-state index is 12.5. The van der Waals surface area contributed by atoms with E-state index in [0.29, 0.717) is 44.1 Å². The van der Waals surface area contributed by atoms with Crippen LogP contribution in [0.3, 0.4) is 0 Å². The Kier molecular flexibility index (Phi) is 7.65. The molecule has 3 rings (SSSR count). The number of aryl methyl sites for hydroxylation is 1. The van der Waals surface area contributed by atoms with Crippen molar-refractivity contribution in [1.29, 1.82) is 0 Å². The Balaban J connectivity index is 1.41. The minimum absolute atomic E-state index is 0.0146. The molecule has 1 aliphatic heterocycles. The van der Waals surface area contributed by atoms with Crippen molar-refractivity contribution in [2.75, 3.05) is 31.6 Å². The number of pyridine rings is 1. The lowest BCUT2D eigenvalue weighted by molar-refractivity contribution is -0.136. The first kappa shape index (κ1) is 21.6. The summed E-state index contributed by atoms with van der Waals surface area (Å²) in [5.41, 5.74) is 1.05. The summed E-state index contributed by atoms with van der Waals surface area (Å²) in [6.45, 7) is 5.77. The quantitative estimate of drug-likeness (QED) is 0.720. The van der Waals surface area contributed by atoms with Crippen molar-refractivity contribution >= 4 is 17.6 Å². The third kappa shape index (κ3) is 6.20. The van der Waals surface area contributed by atoms with Gasteiger partial charge in [0, 0.05) is 25.2 Å². The lowest BCUT2D eigenvalue weighted by Gasteiger charge is -2.31. The predicted octanol–water partition coefficient (Wildman–Crippen LogP) is 3.43. The van der Waals surface area contributed by atoms with E-state index in [-0.39, 0.29) is 24.3 Å². The highest BCUT2D eigenvalue weighted by Gasteiger charge is 2.27. The van der Waals surface area contributed by atoms with Crippen molar-refractivity contribution in [3.8, 4) is 11.5 Å². The van der Waals surface area contributed by atoms with E-state index in [4.69, 9.17) is 9.47 Å². The molecule has 1 aromatic carbocycles. The zero-order chi connectivity index (χ0) is 21.3. The number of rotatable bonds is 8. The highest BCUT2D eigenvalue weighted by atomic mass is 16.5. The maximum absolute atomic E-state index is 12.5. The molecule has 0 unspecified atom stereocenters. The molecule has 0 spiro atoms. The fourth-order valence-corrected chi connectivity index (χ4v) is 3.31. The number of amides is 2. The second-order valence-electron chi connectivity index (χ2n) is 7.47. The fourth-order valence-electron chi connectivity index (χ4n) is 3.31. The van der Waals surface area contributed by atoms with Crippen LogP contribution in [0.25, 0.3) is 0 Å². The van der Waals surface area contributed by atoms with Gasteiger partial charge in [-0.2, -0.15) is 0 Å². The van der Waals surface area contributed by atoms with E-state index in [1.807, 2.05) is 31.2 Å². The lowest BCUT2D eigenvalue weighted by atomic mass is 9.96. The average molecular weight is 412 g/mol. The van der Waals surface area contributed by atoms with Gasteiger partial charge in [-0.15, -0.1) is 0 Å². The van der Waals surface area contributed by atoms with Gasteiger partial charge in [-0.3, -0.25) is 9.59 Å². The summed E-state index contributed by atoms with van der Waals surface area (Å²) in [5.74, 6) is 1.76. The molecule has 7 heteroatoms. The molecule has 1 fully saturated rings. The van der Waals surface area contributed by atoms with Crippen LogP contribution in [0.4, 0.5) is 5.82 Å². The fraction of sp³-hybridized carbons (Fsp3) is 0.435. The number of piperidine rings is 1. The Morgan fingerprint density at radius 2 is 1.77 bits per heavy atom. The molecule has 30 heavy (non-hydrogen) atoms. The number of anilines is 1. The van der Waals surface area contributed by atoms with Gasteiger partial charge in [0.1, 0.15) is 17.3 Å². The van der Waals surface area contributed by atoms with Crippen LogP contribution >= 0.6 is 0 Å². The van der Waals surface area contributed by atoms with Crippen LogP contribution in [0.1, 0.15) is 31.7 Å². The smallest absolute Gasteiger partial charge is 0.260 e. The van der Waals surface area contributed by atoms with E-state index < -0.39 is 0 Å². The van der Waals surface area contributed by atoms with Crippen LogP contribution in [0.15, 0.2) is 42.6 Å². The molecule has 0 saturated carbocycles. The molecule has 0 atom stereocenters. The number of nitrogens with one attached hydrogen (secondary N) is 1. The van der Waals surface area contributed by atoms with Gasteiger partial charge in [-0.1, -0.05) is 6.92 Å². The normalized spacial score (nSPS) is 14.3. The van der Waals surface area contributed by atoms with Crippen molar-refractivity contribution in [3.05, 3.63) is 48.2 Å². The maximum Gasteiger partial charge on any atom is 0.260 e. The third-order valence-electron chi connectivity index (χ3n) is 5.04.